The first-order valence-corrected chi connectivity index (χ1v) is 8.65. The quantitative estimate of drug-likeness (QED) is 0.529. The van der Waals surface area contributed by atoms with Gasteiger partial charge in [0.1, 0.15) is 0 Å². The molecule has 120 valence electrons. The SMILES string of the molecule is Cc1cc(CCCCCn2ccn(-c3ccco3)[c]2=[Pt])n[nH]1. The Bertz CT molecular complexity index is 766. The number of aromatic nitrogens is 4. The molecule has 0 spiro atoms. The van der Waals surface area contributed by atoms with Crippen LogP contribution >= 0.6 is 0 Å². The number of aryl methyl sites for hydroxylation is 3. The van der Waals surface area contributed by atoms with Crippen LogP contribution in [0.25, 0.3) is 5.88 Å². The van der Waals surface area contributed by atoms with Gasteiger partial charge in [0.2, 0.25) is 0 Å². The van der Waals surface area contributed by atoms with Crippen molar-refractivity contribution >= 4 is 0 Å². The third-order valence-corrected chi connectivity index (χ3v) is 4.83. The Morgan fingerprint density at radius 2 is 2.18 bits per heavy atom. The van der Waals surface area contributed by atoms with Crippen molar-refractivity contribution < 1.29 is 23.8 Å². The molecule has 0 amide bonds. The molecule has 1 N–H and O–H groups in total. The van der Waals surface area contributed by atoms with Crippen molar-refractivity contribution in [3.05, 3.63) is 52.0 Å². The molecule has 22 heavy (non-hydrogen) atoms. The van der Waals surface area contributed by atoms with Crippen molar-refractivity contribution in [2.75, 3.05) is 0 Å². The number of unbranched alkanes of at least 4 members (excludes halogenated alkanes) is 2. The molecule has 0 aliphatic rings. The summed E-state index contributed by atoms with van der Waals surface area (Å²) in [7, 11) is 0. The Balaban J connectivity index is 1.47. The van der Waals surface area contributed by atoms with Gasteiger partial charge in [-0.1, -0.05) is 0 Å². The van der Waals surface area contributed by atoms with E-state index in [9.17, 15) is 0 Å². The number of H-pyrrole nitrogens is 1. The van der Waals surface area contributed by atoms with E-state index >= 15 is 0 Å². The van der Waals surface area contributed by atoms with Gasteiger partial charge >= 0.3 is 140 Å². The molecule has 0 saturated carbocycles. The van der Waals surface area contributed by atoms with Crippen LogP contribution in [0.3, 0.4) is 0 Å². The number of hydrogen-bond acceptors (Lipinski definition) is 2. The molecule has 0 aromatic carbocycles. The first kappa shape index (κ1) is 15.3. The molecule has 3 rings (SSSR count). The van der Waals surface area contributed by atoms with Crippen LogP contribution in [0, 0.1) is 10.7 Å². The molecule has 0 saturated heterocycles. The van der Waals surface area contributed by atoms with Gasteiger partial charge in [-0.3, -0.25) is 0 Å². The molecule has 3 aromatic heterocycles. The average Bonchev–Trinajstić information content (AvgIpc) is 3.21. The summed E-state index contributed by atoms with van der Waals surface area (Å²) < 4.78 is 10.9. The van der Waals surface area contributed by atoms with Gasteiger partial charge in [0.05, 0.1) is 0 Å². The van der Waals surface area contributed by atoms with Crippen molar-refractivity contribution in [1.29, 1.82) is 0 Å². The zero-order valence-corrected chi connectivity index (χ0v) is 14.8. The maximum absolute atomic E-state index is 5.44. The zero-order valence-electron chi connectivity index (χ0n) is 12.6. The Kier molecular flexibility index (Phi) is 4.93. The molecule has 0 radical (unpaired) electrons. The van der Waals surface area contributed by atoms with E-state index in [0.29, 0.717) is 0 Å². The zero-order chi connectivity index (χ0) is 15.4. The Hall–Kier alpha value is -1.61. The van der Waals surface area contributed by atoms with E-state index in [2.05, 4.69) is 50.9 Å². The van der Waals surface area contributed by atoms with Crippen molar-refractivity contribution in [3.8, 4) is 5.88 Å². The van der Waals surface area contributed by atoms with Crippen molar-refractivity contribution in [2.45, 2.75) is 39.2 Å². The molecule has 0 fully saturated rings. The summed E-state index contributed by atoms with van der Waals surface area (Å²) >= 11 is 2.34. The fourth-order valence-electron chi connectivity index (χ4n) is 2.49. The van der Waals surface area contributed by atoms with E-state index in [0.717, 1.165) is 28.3 Å². The number of aromatic amines is 1. The van der Waals surface area contributed by atoms with E-state index in [4.69, 9.17) is 4.42 Å². The summed E-state index contributed by atoms with van der Waals surface area (Å²) in [6.45, 7) is 3.07. The molecule has 0 atom stereocenters. The second-order valence-electron chi connectivity index (χ2n) is 5.41. The molecule has 0 aliphatic heterocycles. The van der Waals surface area contributed by atoms with Crippen molar-refractivity contribution in [1.82, 2.24) is 19.3 Å². The van der Waals surface area contributed by atoms with Crippen LogP contribution in [0.4, 0.5) is 0 Å². The third-order valence-electron chi connectivity index (χ3n) is 3.63. The molecular weight excluding hydrogens is 459 g/mol. The summed E-state index contributed by atoms with van der Waals surface area (Å²) in [6, 6.07) is 6.01. The van der Waals surface area contributed by atoms with Crippen LogP contribution in [0.1, 0.15) is 30.7 Å². The summed E-state index contributed by atoms with van der Waals surface area (Å²) in [5, 5.41) is 7.26. The molecule has 0 bridgehead atoms. The predicted molar refractivity (Wildman–Crippen MR) is 80.1 cm³/mol. The molecule has 0 unspecified atom stereocenters. The molecule has 3 heterocycles. The Morgan fingerprint density at radius 3 is 2.91 bits per heavy atom. The van der Waals surface area contributed by atoms with E-state index in [1.54, 1.807) is 6.26 Å². The van der Waals surface area contributed by atoms with Gasteiger partial charge < -0.3 is 0 Å². The standard InChI is InChI=1S/C16H20N4O.Pt/c1-14-12-15(18-17-14)6-3-2-4-8-19-9-10-20(13-19)16-7-5-11-21-16;/h5,7,9-12H,2-4,6,8H2,1H3,(H,17,18);. The Labute approximate surface area is 140 Å². The summed E-state index contributed by atoms with van der Waals surface area (Å²) in [5.74, 6) is 0.859. The predicted octanol–water partition coefficient (Wildman–Crippen LogP) is 3.40. The molecule has 3 aromatic rings. The van der Waals surface area contributed by atoms with E-state index in [1.165, 1.54) is 25.0 Å². The van der Waals surface area contributed by atoms with Gasteiger partial charge in [0.25, 0.3) is 0 Å². The summed E-state index contributed by atoms with van der Waals surface area (Å²) in [4.78, 5) is 0. The van der Waals surface area contributed by atoms with E-state index in [-0.39, 0.29) is 0 Å². The van der Waals surface area contributed by atoms with E-state index in [1.807, 2.05) is 25.3 Å². The van der Waals surface area contributed by atoms with Crippen LogP contribution in [-0.2, 0) is 32.3 Å². The number of furan rings is 1. The number of nitrogens with one attached hydrogen (secondary N) is 1. The fourth-order valence-corrected chi connectivity index (χ4v) is 3.33. The van der Waals surface area contributed by atoms with Gasteiger partial charge in [0, 0.05) is 0 Å². The monoisotopic (exact) mass is 479 g/mol. The van der Waals surface area contributed by atoms with Crippen LogP contribution < -0.4 is 0 Å². The third kappa shape index (κ3) is 3.58. The number of nitrogens with zero attached hydrogens (tertiary/aromatic N) is 3. The van der Waals surface area contributed by atoms with Crippen LogP contribution in [0.15, 0.2) is 41.3 Å². The normalized spacial score (nSPS) is 11.2. The van der Waals surface area contributed by atoms with Gasteiger partial charge in [0.15, 0.2) is 0 Å². The first-order chi connectivity index (χ1) is 10.7. The van der Waals surface area contributed by atoms with Crippen LogP contribution in [-0.4, -0.2) is 19.3 Å². The number of hydrogen-bond donors (Lipinski definition) is 1. The Morgan fingerprint density at radius 1 is 1.27 bits per heavy atom. The molecular formula is C16H20N4OPt. The van der Waals surface area contributed by atoms with Gasteiger partial charge in [-0.2, -0.15) is 0 Å². The topological polar surface area (TPSA) is 51.7 Å². The fraction of sp³-hybridized carbons (Fsp3) is 0.375. The van der Waals surface area contributed by atoms with Crippen molar-refractivity contribution in [2.24, 2.45) is 0 Å². The van der Waals surface area contributed by atoms with Gasteiger partial charge in [-0.05, 0) is 0 Å². The van der Waals surface area contributed by atoms with Gasteiger partial charge in [-0.15, -0.1) is 0 Å². The van der Waals surface area contributed by atoms with Crippen LogP contribution in [0.2, 0.25) is 0 Å². The maximum atomic E-state index is 5.44. The minimum absolute atomic E-state index is 0.859. The second-order valence-corrected chi connectivity index (χ2v) is 6.42. The number of imidazole rings is 1. The summed E-state index contributed by atoms with van der Waals surface area (Å²) in [6.07, 6.45) is 10.5. The molecule has 0 aliphatic carbocycles. The van der Waals surface area contributed by atoms with Gasteiger partial charge in [-0.25, -0.2) is 0 Å². The molecule has 5 nitrogen and oxygen atoms in total. The van der Waals surface area contributed by atoms with Crippen molar-refractivity contribution in [3.63, 3.8) is 0 Å². The summed E-state index contributed by atoms with van der Waals surface area (Å²) in [5.41, 5.74) is 2.31. The second kappa shape index (κ2) is 7.10. The number of rotatable bonds is 7. The minimum atomic E-state index is 0.859. The molecule has 6 heteroatoms. The van der Waals surface area contributed by atoms with Crippen LogP contribution in [0.5, 0.6) is 0 Å². The van der Waals surface area contributed by atoms with E-state index < -0.39 is 0 Å². The average molecular weight is 479 g/mol. The first-order valence-electron chi connectivity index (χ1n) is 7.52.